The third-order valence-electron chi connectivity index (χ3n) is 3.03. The van der Waals surface area contributed by atoms with Crippen molar-refractivity contribution in [2.45, 2.75) is 19.0 Å². The quantitative estimate of drug-likeness (QED) is 0.657. The van der Waals surface area contributed by atoms with Gasteiger partial charge in [-0.3, -0.25) is 4.90 Å². The molecular weight excluding hydrogens is 178 g/mol. The second kappa shape index (κ2) is 5.66. The van der Waals surface area contributed by atoms with Crippen molar-refractivity contribution in [1.29, 1.82) is 0 Å². The van der Waals surface area contributed by atoms with Gasteiger partial charge in [0.25, 0.3) is 0 Å². The van der Waals surface area contributed by atoms with Crippen molar-refractivity contribution in [1.82, 2.24) is 9.80 Å². The number of hydrogen-bond acceptors (Lipinski definition) is 4. The Morgan fingerprint density at radius 3 is 2.50 bits per heavy atom. The van der Waals surface area contributed by atoms with Crippen molar-refractivity contribution in [2.75, 3.05) is 46.9 Å². The highest BCUT2D eigenvalue weighted by atomic mass is 16.5. The van der Waals surface area contributed by atoms with Crippen molar-refractivity contribution < 1.29 is 4.74 Å². The molecule has 4 heteroatoms. The smallest absolute Gasteiger partial charge is 0.0638 e. The van der Waals surface area contributed by atoms with Crippen LogP contribution in [0, 0.1) is 0 Å². The maximum Gasteiger partial charge on any atom is 0.0638 e. The van der Waals surface area contributed by atoms with Crippen LogP contribution in [0.1, 0.15) is 6.92 Å². The summed E-state index contributed by atoms with van der Waals surface area (Å²) in [6, 6.07) is 0.590. The lowest BCUT2D eigenvalue weighted by Gasteiger charge is -2.27. The molecular formula is C10H23N3O. The van der Waals surface area contributed by atoms with Crippen LogP contribution in [0.5, 0.6) is 0 Å². The monoisotopic (exact) mass is 201 g/mol. The van der Waals surface area contributed by atoms with Gasteiger partial charge in [0, 0.05) is 19.1 Å². The Morgan fingerprint density at radius 2 is 2.00 bits per heavy atom. The highest BCUT2D eigenvalue weighted by molar-refractivity contribution is 4.85. The summed E-state index contributed by atoms with van der Waals surface area (Å²) in [7, 11) is 4.27. The zero-order valence-electron chi connectivity index (χ0n) is 9.57. The van der Waals surface area contributed by atoms with E-state index >= 15 is 0 Å². The number of likely N-dealkylation sites (N-methyl/N-ethyl adjacent to an activating group) is 2. The summed E-state index contributed by atoms with van der Waals surface area (Å²) >= 11 is 0. The SMILES string of the molecule is CCN(C)CCN(C)C1COC[C@H]1N. The lowest BCUT2D eigenvalue weighted by molar-refractivity contribution is 0.152. The molecule has 1 rings (SSSR count). The van der Waals surface area contributed by atoms with Gasteiger partial charge in [0.05, 0.1) is 19.3 Å². The average molecular weight is 201 g/mol. The number of ether oxygens (including phenoxy) is 1. The Bertz CT molecular complexity index is 165. The summed E-state index contributed by atoms with van der Waals surface area (Å²) in [6.45, 7) is 6.92. The van der Waals surface area contributed by atoms with Crippen LogP contribution < -0.4 is 5.73 Å². The van der Waals surface area contributed by atoms with Crippen LogP contribution in [0.3, 0.4) is 0 Å². The molecule has 0 aromatic rings. The van der Waals surface area contributed by atoms with Gasteiger partial charge in [-0.05, 0) is 20.6 Å². The van der Waals surface area contributed by atoms with E-state index in [0.29, 0.717) is 12.6 Å². The van der Waals surface area contributed by atoms with E-state index in [1.165, 1.54) is 0 Å². The number of hydrogen-bond donors (Lipinski definition) is 1. The molecule has 0 aromatic carbocycles. The van der Waals surface area contributed by atoms with Crippen molar-refractivity contribution in [3.8, 4) is 0 Å². The molecule has 0 aromatic heterocycles. The van der Waals surface area contributed by atoms with Crippen LogP contribution in [-0.4, -0.2) is 68.8 Å². The summed E-state index contributed by atoms with van der Waals surface area (Å²) in [5, 5.41) is 0. The first-order valence-corrected chi connectivity index (χ1v) is 5.37. The van der Waals surface area contributed by atoms with E-state index in [1.54, 1.807) is 0 Å². The maximum atomic E-state index is 5.94. The molecule has 0 saturated carbocycles. The minimum Gasteiger partial charge on any atom is -0.378 e. The molecule has 0 amide bonds. The Balaban J connectivity index is 2.23. The minimum absolute atomic E-state index is 0.187. The fourth-order valence-electron chi connectivity index (χ4n) is 1.67. The topological polar surface area (TPSA) is 41.7 Å². The van der Waals surface area contributed by atoms with Crippen LogP contribution in [-0.2, 0) is 4.74 Å². The van der Waals surface area contributed by atoms with Gasteiger partial charge in [-0.15, -0.1) is 0 Å². The van der Waals surface area contributed by atoms with E-state index in [9.17, 15) is 0 Å². The summed E-state index contributed by atoms with van der Waals surface area (Å²) in [6.07, 6.45) is 0. The van der Waals surface area contributed by atoms with E-state index in [-0.39, 0.29) is 6.04 Å². The molecule has 4 nitrogen and oxygen atoms in total. The number of nitrogens with zero attached hydrogens (tertiary/aromatic N) is 2. The lowest BCUT2D eigenvalue weighted by Crippen LogP contribution is -2.47. The number of nitrogens with two attached hydrogens (primary N) is 1. The predicted molar refractivity (Wildman–Crippen MR) is 58.4 cm³/mol. The van der Waals surface area contributed by atoms with E-state index < -0.39 is 0 Å². The Labute approximate surface area is 87.0 Å². The first-order valence-electron chi connectivity index (χ1n) is 5.37. The van der Waals surface area contributed by atoms with E-state index in [2.05, 4.69) is 30.8 Å². The molecule has 1 fully saturated rings. The fraction of sp³-hybridized carbons (Fsp3) is 1.00. The molecule has 0 radical (unpaired) electrons. The average Bonchev–Trinajstić information content (AvgIpc) is 2.60. The third kappa shape index (κ3) is 3.20. The summed E-state index contributed by atoms with van der Waals surface area (Å²) in [5.74, 6) is 0. The zero-order chi connectivity index (χ0) is 10.6. The lowest BCUT2D eigenvalue weighted by atomic mass is 10.1. The molecule has 1 aliphatic heterocycles. The number of rotatable bonds is 5. The standard InChI is InChI=1S/C10H23N3O/c1-4-12(2)5-6-13(3)10-8-14-7-9(10)11/h9-10H,4-8,11H2,1-3H3/t9-,10?/m1/s1. The summed E-state index contributed by atoms with van der Waals surface area (Å²) in [4.78, 5) is 4.61. The molecule has 2 N–H and O–H groups in total. The first-order chi connectivity index (χ1) is 6.65. The van der Waals surface area contributed by atoms with Crippen molar-refractivity contribution in [3.05, 3.63) is 0 Å². The zero-order valence-corrected chi connectivity index (χ0v) is 9.57. The van der Waals surface area contributed by atoms with Gasteiger partial charge in [0.2, 0.25) is 0 Å². The van der Waals surface area contributed by atoms with Crippen molar-refractivity contribution >= 4 is 0 Å². The van der Waals surface area contributed by atoms with Gasteiger partial charge in [0.15, 0.2) is 0 Å². The van der Waals surface area contributed by atoms with E-state index in [1.807, 2.05) is 0 Å². The predicted octanol–water partition coefficient (Wildman–Crippen LogP) is -0.404. The van der Waals surface area contributed by atoms with Gasteiger partial charge >= 0.3 is 0 Å². The highest BCUT2D eigenvalue weighted by Crippen LogP contribution is 2.09. The molecule has 1 saturated heterocycles. The first kappa shape index (κ1) is 11.9. The van der Waals surface area contributed by atoms with Gasteiger partial charge < -0.3 is 15.4 Å². The largest absolute Gasteiger partial charge is 0.378 e. The summed E-state index contributed by atoms with van der Waals surface area (Å²) < 4.78 is 5.34. The van der Waals surface area contributed by atoms with Crippen LogP contribution in [0.4, 0.5) is 0 Å². The van der Waals surface area contributed by atoms with Gasteiger partial charge in [-0.25, -0.2) is 0 Å². The third-order valence-corrected chi connectivity index (χ3v) is 3.03. The van der Waals surface area contributed by atoms with Crippen LogP contribution >= 0.6 is 0 Å². The second-order valence-electron chi connectivity index (χ2n) is 4.15. The van der Waals surface area contributed by atoms with E-state index in [0.717, 1.165) is 26.2 Å². The van der Waals surface area contributed by atoms with Gasteiger partial charge in [0.1, 0.15) is 0 Å². The molecule has 0 aliphatic carbocycles. The Hall–Kier alpha value is -0.160. The maximum absolute atomic E-state index is 5.94. The molecule has 0 bridgehead atoms. The second-order valence-corrected chi connectivity index (χ2v) is 4.15. The van der Waals surface area contributed by atoms with Crippen LogP contribution in [0.15, 0.2) is 0 Å². The molecule has 14 heavy (non-hydrogen) atoms. The normalized spacial score (nSPS) is 27.9. The fourth-order valence-corrected chi connectivity index (χ4v) is 1.67. The van der Waals surface area contributed by atoms with Crippen LogP contribution in [0.25, 0.3) is 0 Å². The Kier molecular flexibility index (Phi) is 4.81. The van der Waals surface area contributed by atoms with E-state index in [4.69, 9.17) is 10.5 Å². The molecule has 1 aliphatic rings. The summed E-state index contributed by atoms with van der Waals surface area (Å²) in [5.41, 5.74) is 5.94. The minimum atomic E-state index is 0.187. The molecule has 2 atom stereocenters. The molecule has 0 spiro atoms. The van der Waals surface area contributed by atoms with Crippen molar-refractivity contribution in [2.24, 2.45) is 5.73 Å². The van der Waals surface area contributed by atoms with Gasteiger partial charge in [-0.2, -0.15) is 0 Å². The Morgan fingerprint density at radius 1 is 1.29 bits per heavy atom. The van der Waals surface area contributed by atoms with Crippen LogP contribution in [0.2, 0.25) is 0 Å². The molecule has 1 heterocycles. The van der Waals surface area contributed by atoms with Crippen molar-refractivity contribution in [3.63, 3.8) is 0 Å². The molecule has 1 unspecified atom stereocenters. The highest BCUT2D eigenvalue weighted by Gasteiger charge is 2.27. The molecule has 84 valence electrons. The van der Waals surface area contributed by atoms with Gasteiger partial charge in [-0.1, -0.05) is 6.92 Å².